The Kier molecular flexibility index (Phi) is 5.56. The Morgan fingerprint density at radius 1 is 1.47 bits per heavy atom. The van der Waals surface area contributed by atoms with Crippen molar-refractivity contribution in [3.63, 3.8) is 0 Å². The molecule has 0 saturated carbocycles. The molecule has 0 aliphatic heterocycles. The molecule has 0 aromatic heterocycles. The molecule has 0 heterocycles. The number of hydrogen-bond donors (Lipinski definition) is 4. The van der Waals surface area contributed by atoms with Crippen molar-refractivity contribution in [2.75, 3.05) is 11.9 Å². The van der Waals surface area contributed by atoms with Gasteiger partial charge in [0.15, 0.2) is 5.60 Å². The molecule has 0 fully saturated rings. The van der Waals surface area contributed by atoms with Gasteiger partial charge in [-0.05, 0) is 63.6 Å². The van der Waals surface area contributed by atoms with Crippen molar-refractivity contribution >= 4 is 56.2 Å². The van der Waals surface area contributed by atoms with E-state index in [1.807, 2.05) is 12.1 Å². The summed E-state index contributed by atoms with van der Waals surface area (Å²) in [6.45, 7) is 0.715. The molecule has 6 nitrogen and oxygen atoms in total. The van der Waals surface area contributed by atoms with Gasteiger partial charge in [0.1, 0.15) is 0 Å². The van der Waals surface area contributed by atoms with Crippen LogP contribution in [0.15, 0.2) is 22.7 Å². The Balaban J connectivity index is 2.59. The standard InChI is InChI=1S/C11H12BrIN2O4/c1-11(19,9(16)17)5-14-10(18)15-8-3-2-6(13)4-7(8)12/h2-4,19H,5H2,1H3,(H,16,17)(H2,14,15,18). The number of hydrogen-bond acceptors (Lipinski definition) is 3. The lowest BCUT2D eigenvalue weighted by Crippen LogP contribution is -2.47. The van der Waals surface area contributed by atoms with Crippen LogP contribution in [0.4, 0.5) is 10.5 Å². The molecule has 0 spiro atoms. The van der Waals surface area contributed by atoms with Gasteiger partial charge in [-0.2, -0.15) is 0 Å². The summed E-state index contributed by atoms with van der Waals surface area (Å²) in [7, 11) is 0. The first-order valence-electron chi connectivity index (χ1n) is 5.18. The summed E-state index contributed by atoms with van der Waals surface area (Å²) in [6, 6.07) is 4.75. The average Bonchev–Trinajstić information content (AvgIpc) is 2.30. The van der Waals surface area contributed by atoms with Crippen molar-refractivity contribution < 1.29 is 19.8 Å². The van der Waals surface area contributed by atoms with E-state index in [9.17, 15) is 14.7 Å². The number of carbonyl (C=O) groups excluding carboxylic acids is 1. The number of nitrogens with one attached hydrogen (secondary N) is 2. The molecule has 1 rings (SSSR count). The third kappa shape index (κ3) is 4.96. The SMILES string of the molecule is CC(O)(CNC(=O)Nc1ccc(I)cc1Br)C(=O)O. The summed E-state index contributed by atoms with van der Waals surface area (Å²) < 4.78 is 1.71. The Morgan fingerprint density at radius 3 is 2.63 bits per heavy atom. The van der Waals surface area contributed by atoms with Crippen LogP contribution in [0.5, 0.6) is 0 Å². The maximum absolute atomic E-state index is 11.6. The number of urea groups is 1. The van der Waals surface area contributed by atoms with Crippen molar-refractivity contribution in [1.29, 1.82) is 0 Å². The first-order valence-corrected chi connectivity index (χ1v) is 7.05. The van der Waals surface area contributed by atoms with Gasteiger partial charge in [0.2, 0.25) is 0 Å². The van der Waals surface area contributed by atoms with Crippen LogP contribution in [-0.2, 0) is 4.79 Å². The lowest BCUT2D eigenvalue weighted by Gasteiger charge is -2.18. The molecule has 8 heteroatoms. The van der Waals surface area contributed by atoms with Gasteiger partial charge < -0.3 is 20.8 Å². The van der Waals surface area contributed by atoms with Gasteiger partial charge >= 0.3 is 12.0 Å². The Bertz CT molecular complexity index is 507. The quantitative estimate of drug-likeness (QED) is 0.536. The maximum atomic E-state index is 11.6. The van der Waals surface area contributed by atoms with E-state index in [4.69, 9.17) is 5.11 Å². The number of carbonyl (C=O) groups is 2. The van der Waals surface area contributed by atoms with Crippen molar-refractivity contribution in [1.82, 2.24) is 5.32 Å². The molecule has 1 aromatic rings. The van der Waals surface area contributed by atoms with E-state index >= 15 is 0 Å². The number of aliphatic carboxylic acids is 1. The monoisotopic (exact) mass is 442 g/mol. The Hall–Kier alpha value is -0.870. The number of carboxylic acids is 1. The second-order valence-corrected chi connectivity index (χ2v) is 6.11. The molecule has 0 aliphatic carbocycles. The zero-order valence-electron chi connectivity index (χ0n) is 9.91. The van der Waals surface area contributed by atoms with Gasteiger partial charge in [-0.1, -0.05) is 0 Å². The molecule has 1 atom stereocenters. The largest absolute Gasteiger partial charge is 0.479 e. The van der Waals surface area contributed by atoms with E-state index in [2.05, 4.69) is 49.2 Å². The van der Waals surface area contributed by atoms with Crippen LogP contribution in [-0.4, -0.2) is 34.4 Å². The highest BCUT2D eigenvalue weighted by atomic mass is 127. The smallest absolute Gasteiger partial charge is 0.337 e. The molecule has 19 heavy (non-hydrogen) atoms. The summed E-state index contributed by atoms with van der Waals surface area (Å²) >= 11 is 5.43. The summed E-state index contributed by atoms with van der Waals surface area (Å²) in [5.41, 5.74) is -1.45. The molecule has 1 aromatic carbocycles. The normalized spacial score (nSPS) is 13.5. The van der Waals surface area contributed by atoms with Gasteiger partial charge in [-0.15, -0.1) is 0 Å². The van der Waals surface area contributed by atoms with Gasteiger partial charge in [0, 0.05) is 8.04 Å². The number of amides is 2. The lowest BCUT2D eigenvalue weighted by atomic mass is 10.1. The molecule has 4 N–H and O–H groups in total. The van der Waals surface area contributed by atoms with Crippen LogP contribution in [0.2, 0.25) is 0 Å². The third-order valence-electron chi connectivity index (χ3n) is 2.23. The molecule has 0 bridgehead atoms. The molecule has 0 radical (unpaired) electrons. The van der Waals surface area contributed by atoms with Gasteiger partial charge in [-0.25, -0.2) is 9.59 Å². The predicted molar refractivity (Wildman–Crippen MR) is 82.1 cm³/mol. The summed E-state index contributed by atoms with van der Waals surface area (Å²) in [5, 5.41) is 23.0. The predicted octanol–water partition coefficient (Wildman–Crippen LogP) is 2.01. The van der Waals surface area contributed by atoms with E-state index in [1.165, 1.54) is 0 Å². The molecule has 0 aliphatic rings. The first kappa shape index (κ1) is 16.2. The fourth-order valence-electron chi connectivity index (χ4n) is 1.09. The highest BCUT2D eigenvalue weighted by Crippen LogP contribution is 2.24. The number of anilines is 1. The number of halogens is 2. The van der Waals surface area contributed by atoms with E-state index in [0.29, 0.717) is 10.2 Å². The Labute approximate surface area is 131 Å². The minimum Gasteiger partial charge on any atom is -0.479 e. The number of benzene rings is 1. The molecule has 2 amide bonds. The highest BCUT2D eigenvalue weighted by Gasteiger charge is 2.30. The van der Waals surface area contributed by atoms with Crippen LogP contribution < -0.4 is 10.6 Å². The maximum Gasteiger partial charge on any atom is 0.337 e. The van der Waals surface area contributed by atoms with Crippen molar-refractivity contribution in [2.45, 2.75) is 12.5 Å². The fourth-order valence-corrected chi connectivity index (χ4v) is 2.48. The van der Waals surface area contributed by atoms with Gasteiger partial charge in [-0.3, -0.25) is 0 Å². The van der Waals surface area contributed by atoms with Gasteiger partial charge in [0.25, 0.3) is 0 Å². The second-order valence-electron chi connectivity index (χ2n) is 4.01. The number of carboxylic acid groups (broad SMARTS) is 1. The Morgan fingerprint density at radius 2 is 2.11 bits per heavy atom. The van der Waals surface area contributed by atoms with E-state index in [0.717, 1.165) is 10.5 Å². The first-order chi connectivity index (χ1) is 8.72. The molecular formula is C11H12BrIN2O4. The van der Waals surface area contributed by atoms with E-state index in [-0.39, 0.29) is 0 Å². The van der Waals surface area contributed by atoms with E-state index in [1.54, 1.807) is 6.07 Å². The molecule has 104 valence electrons. The molecule has 1 unspecified atom stereocenters. The lowest BCUT2D eigenvalue weighted by molar-refractivity contribution is -0.155. The summed E-state index contributed by atoms with van der Waals surface area (Å²) in [4.78, 5) is 22.2. The fraction of sp³-hybridized carbons (Fsp3) is 0.273. The zero-order chi connectivity index (χ0) is 14.6. The van der Waals surface area contributed by atoms with Crippen LogP contribution >= 0.6 is 38.5 Å². The molecule has 0 saturated heterocycles. The highest BCUT2D eigenvalue weighted by molar-refractivity contribution is 14.1. The van der Waals surface area contributed by atoms with E-state index < -0.39 is 24.1 Å². The minimum absolute atomic E-state index is 0.393. The summed E-state index contributed by atoms with van der Waals surface area (Å²) in [6.07, 6.45) is 0. The zero-order valence-corrected chi connectivity index (χ0v) is 13.6. The van der Waals surface area contributed by atoms with Crippen molar-refractivity contribution in [2.24, 2.45) is 0 Å². The third-order valence-corrected chi connectivity index (χ3v) is 3.56. The van der Waals surface area contributed by atoms with Crippen LogP contribution in [0.3, 0.4) is 0 Å². The van der Waals surface area contributed by atoms with Crippen LogP contribution in [0.1, 0.15) is 6.92 Å². The average molecular weight is 443 g/mol. The number of aliphatic hydroxyl groups is 1. The second kappa shape index (κ2) is 6.53. The number of rotatable bonds is 4. The summed E-state index contributed by atoms with van der Waals surface area (Å²) in [5.74, 6) is -1.40. The van der Waals surface area contributed by atoms with Crippen LogP contribution in [0, 0.1) is 3.57 Å². The van der Waals surface area contributed by atoms with Crippen molar-refractivity contribution in [3.05, 3.63) is 26.2 Å². The topological polar surface area (TPSA) is 98.7 Å². The van der Waals surface area contributed by atoms with Gasteiger partial charge in [0.05, 0.1) is 12.2 Å². The minimum atomic E-state index is -2.00. The van der Waals surface area contributed by atoms with Crippen LogP contribution in [0.25, 0.3) is 0 Å². The molecular weight excluding hydrogens is 431 g/mol. The van der Waals surface area contributed by atoms with Crippen molar-refractivity contribution in [3.8, 4) is 0 Å².